The van der Waals surface area contributed by atoms with E-state index in [4.69, 9.17) is 4.52 Å². The van der Waals surface area contributed by atoms with Crippen molar-refractivity contribution in [3.63, 3.8) is 0 Å². The van der Waals surface area contributed by atoms with Gasteiger partial charge in [0.2, 0.25) is 5.89 Å². The molecule has 0 amide bonds. The van der Waals surface area contributed by atoms with Crippen molar-refractivity contribution in [1.29, 1.82) is 0 Å². The summed E-state index contributed by atoms with van der Waals surface area (Å²) >= 11 is 0. The number of aromatic nitrogens is 2. The van der Waals surface area contributed by atoms with E-state index in [1.54, 1.807) is 0 Å². The molecule has 1 atom stereocenters. The van der Waals surface area contributed by atoms with Crippen molar-refractivity contribution in [3.8, 4) is 0 Å². The molecule has 0 radical (unpaired) electrons. The lowest BCUT2D eigenvalue weighted by atomic mass is 10.0. The molecule has 0 bridgehead atoms. The van der Waals surface area contributed by atoms with Crippen LogP contribution in [0.1, 0.15) is 69.7 Å². The second-order valence-electron chi connectivity index (χ2n) is 5.04. The largest absolute Gasteiger partial charge is 0.385 e. The van der Waals surface area contributed by atoms with Gasteiger partial charge in [-0.05, 0) is 18.8 Å². The first kappa shape index (κ1) is 12.6. The number of aryl methyl sites for hydroxylation is 1. The van der Waals surface area contributed by atoms with Crippen LogP contribution in [0.4, 0.5) is 0 Å². The van der Waals surface area contributed by atoms with E-state index in [1.165, 1.54) is 25.7 Å². The molecule has 0 aromatic carbocycles. The molecule has 1 unspecified atom stereocenters. The Kier molecular flexibility index (Phi) is 4.54. The summed E-state index contributed by atoms with van der Waals surface area (Å²) in [6.07, 6.45) is 8.49. The Balaban J connectivity index is 1.80. The molecule has 0 aliphatic heterocycles. The summed E-state index contributed by atoms with van der Waals surface area (Å²) < 4.78 is 5.17. The molecule has 4 heteroatoms. The van der Waals surface area contributed by atoms with Gasteiger partial charge in [-0.1, -0.05) is 44.2 Å². The normalized spacial score (nSPS) is 18.7. The van der Waals surface area contributed by atoms with Crippen LogP contribution in [0.25, 0.3) is 0 Å². The second kappa shape index (κ2) is 6.15. The van der Waals surface area contributed by atoms with Crippen LogP contribution in [0.3, 0.4) is 0 Å². The van der Waals surface area contributed by atoms with Crippen LogP contribution in [-0.2, 0) is 6.42 Å². The molecule has 1 aromatic rings. The molecule has 1 aliphatic rings. The fraction of sp³-hybridized carbons (Fsp3) is 0.846. The summed E-state index contributed by atoms with van der Waals surface area (Å²) in [6, 6.07) is 0. The average Bonchev–Trinajstić information content (AvgIpc) is 2.98. The third-order valence-corrected chi connectivity index (χ3v) is 3.59. The predicted octanol–water partition coefficient (Wildman–Crippen LogP) is 3.03. The molecule has 1 aromatic heterocycles. The molecule has 96 valence electrons. The van der Waals surface area contributed by atoms with Gasteiger partial charge in [0.05, 0.1) is 0 Å². The van der Waals surface area contributed by atoms with Crippen LogP contribution in [-0.4, -0.2) is 15.2 Å². The van der Waals surface area contributed by atoms with Gasteiger partial charge in [0.15, 0.2) is 5.82 Å². The molecular formula is C13H22N2O2. The Morgan fingerprint density at radius 3 is 2.88 bits per heavy atom. The fourth-order valence-corrected chi connectivity index (χ4v) is 2.53. The molecule has 1 heterocycles. The maximum absolute atomic E-state index is 9.73. The van der Waals surface area contributed by atoms with Crippen LogP contribution in [0, 0.1) is 5.92 Å². The van der Waals surface area contributed by atoms with Gasteiger partial charge in [-0.2, -0.15) is 4.98 Å². The van der Waals surface area contributed by atoms with Crippen LogP contribution >= 0.6 is 0 Å². The summed E-state index contributed by atoms with van der Waals surface area (Å²) in [5.74, 6) is 1.97. The van der Waals surface area contributed by atoms with E-state index in [9.17, 15) is 5.11 Å². The molecule has 4 nitrogen and oxygen atoms in total. The molecule has 17 heavy (non-hydrogen) atoms. The van der Waals surface area contributed by atoms with Crippen LogP contribution < -0.4 is 0 Å². The number of aliphatic hydroxyl groups is 1. The first-order valence-electron chi connectivity index (χ1n) is 6.80. The zero-order valence-corrected chi connectivity index (χ0v) is 10.6. The Morgan fingerprint density at radius 2 is 2.18 bits per heavy atom. The first-order valence-corrected chi connectivity index (χ1v) is 6.80. The summed E-state index contributed by atoms with van der Waals surface area (Å²) in [7, 11) is 0. The highest BCUT2D eigenvalue weighted by Gasteiger charge is 2.18. The van der Waals surface area contributed by atoms with E-state index < -0.39 is 6.10 Å². The molecule has 0 saturated heterocycles. The molecule has 0 spiro atoms. The van der Waals surface area contributed by atoms with Crippen molar-refractivity contribution in [3.05, 3.63) is 11.7 Å². The molecule has 1 fully saturated rings. The number of nitrogens with zero attached hydrogens (tertiary/aromatic N) is 2. The lowest BCUT2D eigenvalue weighted by molar-refractivity contribution is 0.152. The van der Waals surface area contributed by atoms with Gasteiger partial charge in [-0.3, -0.25) is 0 Å². The highest BCUT2D eigenvalue weighted by Crippen LogP contribution is 2.28. The van der Waals surface area contributed by atoms with Gasteiger partial charge in [0.25, 0.3) is 0 Å². The summed E-state index contributed by atoms with van der Waals surface area (Å²) in [6.45, 7) is 2.03. The van der Waals surface area contributed by atoms with Gasteiger partial charge >= 0.3 is 0 Å². The molecule has 1 N–H and O–H groups in total. The lowest BCUT2D eigenvalue weighted by Crippen LogP contribution is -2.00. The Morgan fingerprint density at radius 1 is 1.41 bits per heavy atom. The van der Waals surface area contributed by atoms with E-state index in [2.05, 4.69) is 10.1 Å². The monoisotopic (exact) mass is 238 g/mol. The SMILES string of the molecule is CCCC(O)c1noc(CCC2CCCC2)n1. The van der Waals surface area contributed by atoms with E-state index in [-0.39, 0.29) is 0 Å². The second-order valence-corrected chi connectivity index (χ2v) is 5.04. The fourth-order valence-electron chi connectivity index (χ4n) is 2.53. The van der Waals surface area contributed by atoms with Gasteiger partial charge in [0, 0.05) is 6.42 Å². The van der Waals surface area contributed by atoms with Crippen LogP contribution in [0.15, 0.2) is 4.52 Å². The lowest BCUT2D eigenvalue weighted by Gasteiger charge is -2.05. The number of hydrogen-bond acceptors (Lipinski definition) is 4. The van der Waals surface area contributed by atoms with Crippen molar-refractivity contribution >= 4 is 0 Å². The third kappa shape index (κ3) is 3.53. The Bertz CT molecular complexity index is 332. The van der Waals surface area contributed by atoms with Crippen molar-refractivity contribution in [2.75, 3.05) is 0 Å². The highest BCUT2D eigenvalue weighted by atomic mass is 16.5. The summed E-state index contributed by atoms with van der Waals surface area (Å²) in [4.78, 5) is 4.26. The summed E-state index contributed by atoms with van der Waals surface area (Å²) in [5.41, 5.74) is 0. The van der Waals surface area contributed by atoms with E-state index in [0.29, 0.717) is 18.1 Å². The first-order chi connectivity index (χ1) is 8.29. The van der Waals surface area contributed by atoms with Gasteiger partial charge < -0.3 is 9.63 Å². The highest BCUT2D eigenvalue weighted by molar-refractivity contribution is 4.91. The van der Waals surface area contributed by atoms with Crippen molar-refractivity contribution in [2.24, 2.45) is 5.92 Å². The predicted molar refractivity (Wildman–Crippen MR) is 64.4 cm³/mol. The molecule has 1 aliphatic carbocycles. The molecule has 2 rings (SSSR count). The van der Waals surface area contributed by atoms with Gasteiger partial charge in [0.1, 0.15) is 6.10 Å². The number of rotatable bonds is 6. The topological polar surface area (TPSA) is 59.2 Å². The van der Waals surface area contributed by atoms with Gasteiger partial charge in [-0.15, -0.1) is 0 Å². The standard InChI is InChI=1S/C13H22N2O2/c1-2-5-11(16)13-14-12(17-15-13)9-8-10-6-3-4-7-10/h10-11,16H,2-9H2,1H3. The minimum atomic E-state index is -0.566. The average molecular weight is 238 g/mol. The number of hydrogen-bond donors (Lipinski definition) is 1. The van der Waals surface area contributed by atoms with Gasteiger partial charge in [-0.25, -0.2) is 0 Å². The van der Waals surface area contributed by atoms with E-state index in [1.807, 2.05) is 6.92 Å². The zero-order valence-electron chi connectivity index (χ0n) is 10.6. The minimum Gasteiger partial charge on any atom is -0.385 e. The van der Waals surface area contributed by atoms with Crippen LogP contribution in [0.2, 0.25) is 0 Å². The van der Waals surface area contributed by atoms with E-state index >= 15 is 0 Å². The molecule has 1 saturated carbocycles. The quantitative estimate of drug-likeness (QED) is 0.827. The van der Waals surface area contributed by atoms with Crippen molar-refractivity contribution in [1.82, 2.24) is 10.1 Å². The summed E-state index contributed by atoms with van der Waals surface area (Å²) in [5, 5.41) is 13.6. The number of aliphatic hydroxyl groups excluding tert-OH is 1. The maximum atomic E-state index is 9.73. The molecular weight excluding hydrogens is 216 g/mol. The smallest absolute Gasteiger partial charge is 0.226 e. The maximum Gasteiger partial charge on any atom is 0.226 e. The minimum absolute atomic E-state index is 0.452. The Hall–Kier alpha value is -0.900. The van der Waals surface area contributed by atoms with E-state index in [0.717, 1.165) is 25.2 Å². The third-order valence-electron chi connectivity index (χ3n) is 3.59. The van der Waals surface area contributed by atoms with Crippen molar-refractivity contribution in [2.45, 2.75) is 64.4 Å². The Labute approximate surface area is 102 Å². The zero-order chi connectivity index (χ0) is 12.1. The van der Waals surface area contributed by atoms with Crippen molar-refractivity contribution < 1.29 is 9.63 Å². The van der Waals surface area contributed by atoms with Crippen LogP contribution in [0.5, 0.6) is 0 Å².